The molecule has 0 unspecified atom stereocenters. The van der Waals surface area contributed by atoms with E-state index in [0.717, 1.165) is 5.69 Å². The molecule has 0 spiro atoms. The lowest BCUT2D eigenvalue weighted by atomic mass is 10.1. The van der Waals surface area contributed by atoms with Crippen LogP contribution < -0.4 is 20.1 Å². The number of nitrogens with one attached hydrogen (secondary N) is 2. The van der Waals surface area contributed by atoms with Crippen LogP contribution in [0.3, 0.4) is 0 Å². The molecule has 0 fully saturated rings. The normalized spacial score (nSPS) is 11.1. The Balaban J connectivity index is 2.37. The SMILES string of the molecule is COc1cc(Nc2cc(C)nc(NC(C)(C)C)n2)c(OC)cc1Cl. The summed E-state index contributed by atoms with van der Waals surface area (Å²) in [7, 11) is 3.15. The van der Waals surface area contributed by atoms with Crippen molar-refractivity contribution >= 4 is 29.1 Å². The molecule has 1 aromatic heterocycles. The van der Waals surface area contributed by atoms with Gasteiger partial charge in [-0.2, -0.15) is 4.98 Å². The lowest BCUT2D eigenvalue weighted by Gasteiger charge is -2.21. The number of methoxy groups -OCH3 is 2. The van der Waals surface area contributed by atoms with Crippen LogP contribution in [0.1, 0.15) is 26.5 Å². The lowest BCUT2D eigenvalue weighted by molar-refractivity contribution is 0.405. The summed E-state index contributed by atoms with van der Waals surface area (Å²) in [5.41, 5.74) is 1.42. The first-order chi connectivity index (χ1) is 11.2. The zero-order valence-electron chi connectivity index (χ0n) is 14.8. The fourth-order valence-corrected chi connectivity index (χ4v) is 2.35. The fourth-order valence-electron chi connectivity index (χ4n) is 2.12. The first-order valence-electron chi connectivity index (χ1n) is 7.54. The number of halogens is 1. The van der Waals surface area contributed by atoms with E-state index in [0.29, 0.717) is 34.0 Å². The van der Waals surface area contributed by atoms with E-state index in [1.165, 1.54) is 0 Å². The number of nitrogens with zero attached hydrogens (tertiary/aromatic N) is 2. The summed E-state index contributed by atoms with van der Waals surface area (Å²) in [4.78, 5) is 8.92. The van der Waals surface area contributed by atoms with Gasteiger partial charge < -0.3 is 20.1 Å². The molecule has 2 rings (SSSR count). The van der Waals surface area contributed by atoms with Gasteiger partial charge in [0, 0.05) is 29.4 Å². The molecule has 0 aliphatic heterocycles. The van der Waals surface area contributed by atoms with E-state index in [2.05, 4.69) is 41.4 Å². The van der Waals surface area contributed by atoms with Crippen LogP contribution >= 0.6 is 11.6 Å². The molecule has 0 aliphatic rings. The Morgan fingerprint density at radius 1 is 1.00 bits per heavy atom. The summed E-state index contributed by atoms with van der Waals surface area (Å²) in [6.07, 6.45) is 0. The minimum absolute atomic E-state index is 0.133. The molecule has 0 saturated carbocycles. The van der Waals surface area contributed by atoms with Crippen LogP contribution in [-0.4, -0.2) is 29.7 Å². The first kappa shape index (κ1) is 18.1. The Morgan fingerprint density at radius 3 is 2.25 bits per heavy atom. The van der Waals surface area contributed by atoms with Gasteiger partial charge >= 0.3 is 0 Å². The highest BCUT2D eigenvalue weighted by molar-refractivity contribution is 6.32. The maximum absolute atomic E-state index is 6.14. The summed E-state index contributed by atoms with van der Waals surface area (Å²) < 4.78 is 10.6. The Labute approximate surface area is 147 Å². The van der Waals surface area contributed by atoms with E-state index in [9.17, 15) is 0 Å². The van der Waals surface area contributed by atoms with Crippen molar-refractivity contribution in [3.05, 3.63) is 28.9 Å². The maximum atomic E-state index is 6.14. The van der Waals surface area contributed by atoms with E-state index >= 15 is 0 Å². The topological polar surface area (TPSA) is 68.3 Å². The van der Waals surface area contributed by atoms with Gasteiger partial charge in [0.05, 0.1) is 24.9 Å². The molecule has 7 heteroatoms. The smallest absolute Gasteiger partial charge is 0.225 e. The van der Waals surface area contributed by atoms with Crippen LogP contribution in [0.15, 0.2) is 18.2 Å². The van der Waals surface area contributed by atoms with E-state index in [-0.39, 0.29) is 5.54 Å². The summed E-state index contributed by atoms with van der Waals surface area (Å²) in [5, 5.41) is 6.99. The van der Waals surface area contributed by atoms with Gasteiger partial charge in [-0.25, -0.2) is 4.98 Å². The van der Waals surface area contributed by atoms with Gasteiger partial charge in [0.2, 0.25) is 5.95 Å². The monoisotopic (exact) mass is 350 g/mol. The van der Waals surface area contributed by atoms with Crippen molar-refractivity contribution in [3.63, 3.8) is 0 Å². The second kappa shape index (κ2) is 7.13. The lowest BCUT2D eigenvalue weighted by Crippen LogP contribution is -2.27. The van der Waals surface area contributed by atoms with Gasteiger partial charge in [0.15, 0.2) is 0 Å². The minimum atomic E-state index is -0.133. The molecule has 2 N–H and O–H groups in total. The zero-order valence-corrected chi connectivity index (χ0v) is 15.6. The van der Waals surface area contributed by atoms with Crippen molar-refractivity contribution in [2.24, 2.45) is 0 Å². The van der Waals surface area contributed by atoms with E-state index < -0.39 is 0 Å². The summed E-state index contributed by atoms with van der Waals surface area (Å²) in [6, 6.07) is 5.33. The molecular formula is C17H23ClN4O2. The molecule has 0 bridgehead atoms. The second-order valence-electron chi connectivity index (χ2n) is 6.41. The van der Waals surface area contributed by atoms with E-state index in [1.807, 2.05) is 13.0 Å². The van der Waals surface area contributed by atoms with Crippen LogP contribution in [0.25, 0.3) is 0 Å². The molecule has 2 aromatic rings. The van der Waals surface area contributed by atoms with Crippen LogP contribution in [-0.2, 0) is 0 Å². The zero-order chi connectivity index (χ0) is 17.9. The third kappa shape index (κ3) is 4.64. The highest BCUT2D eigenvalue weighted by Gasteiger charge is 2.14. The number of ether oxygens (including phenoxy) is 2. The summed E-state index contributed by atoms with van der Waals surface area (Å²) >= 11 is 6.14. The van der Waals surface area contributed by atoms with Crippen LogP contribution in [0.5, 0.6) is 11.5 Å². The molecule has 0 radical (unpaired) electrons. The first-order valence-corrected chi connectivity index (χ1v) is 7.92. The highest BCUT2D eigenvalue weighted by Crippen LogP contribution is 2.37. The predicted octanol–water partition coefficient (Wildman–Crippen LogP) is 4.41. The van der Waals surface area contributed by atoms with Gasteiger partial charge in [-0.05, 0) is 27.7 Å². The van der Waals surface area contributed by atoms with Crippen molar-refractivity contribution in [1.82, 2.24) is 9.97 Å². The van der Waals surface area contributed by atoms with Crippen LogP contribution in [0, 0.1) is 6.92 Å². The van der Waals surface area contributed by atoms with Gasteiger partial charge in [-0.1, -0.05) is 11.6 Å². The molecule has 0 atom stereocenters. The molecule has 6 nitrogen and oxygen atoms in total. The van der Waals surface area contributed by atoms with Gasteiger partial charge in [0.1, 0.15) is 17.3 Å². The average Bonchev–Trinajstić information content (AvgIpc) is 2.46. The van der Waals surface area contributed by atoms with Gasteiger partial charge in [-0.15, -0.1) is 0 Å². The summed E-state index contributed by atoms with van der Waals surface area (Å²) in [6.45, 7) is 8.08. The minimum Gasteiger partial charge on any atom is -0.495 e. The Kier molecular flexibility index (Phi) is 5.39. The van der Waals surface area contributed by atoms with Crippen molar-refractivity contribution in [2.45, 2.75) is 33.2 Å². The average molecular weight is 351 g/mol. The van der Waals surface area contributed by atoms with Crippen LogP contribution in [0.2, 0.25) is 5.02 Å². The van der Waals surface area contributed by atoms with Gasteiger partial charge in [0.25, 0.3) is 0 Å². The van der Waals surface area contributed by atoms with Crippen molar-refractivity contribution in [2.75, 3.05) is 24.9 Å². The molecule has 24 heavy (non-hydrogen) atoms. The quantitative estimate of drug-likeness (QED) is 0.832. The molecule has 1 aromatic carbocycles. The fraction of sp³-hybridized carbons (Fsp3) is 0.412. The number of aryl methyl sites for hydroxylation is 1. The van der Waals surface area contributed by atoms with Crippen LogP contribution in [0.4, 0.5) is 17.5 Å². The molecule has 1 heterocycles. The number of rotatable bonds is 5. The molecular weight excluding hydrogens is 328 g/mol. The van der Waals surface area contributed by atoms with Gasteiger partial charge in [-0.3, -0.25) is 0 Å². The Morgan fingerprint density at radius 2 is 1.67 bits per heavy atom. The Bertz CT molecular complexity index is 729. The number of hydrogen-bond donors (Lipinski definition) is 2. The number of anilines is 3. The largest absolute Gasteiger partial charge is 0.495 e. The number of hydrogen-bond acceptors (Lipinski definition) is 6. The van der Waals surface area contributed by atoms with E-state index in [1.54, 1.807) is 26.4 Å². The molecule has 130 valence electrons. The maximum Gasteiger partial charge on any atom is 0.225 e. The standard InChI is InChI=1S/C17H23ClN4O2/c1-10-7-15(21-16(19-10)22-17(2,3)4)20-12-9-13(23-5)11(18)8-14(12)24-6/h7-9H,1-6H3,(H2,19,20,21,22). The van der Waals surface area contributed by atoms with Crippen molar-refractivity contribution < 1.29 is 9.47 Å². The van der Waals surface area contributed by atoms with E-state index in [4.69, 9.17) is 21.1 Å². The molecule has 0 amide bonds. The third-order valence-electron chi connectivity index (χ3n) is 3.08. The van der Waals surface area contributed by atoms with Crippen molar-refractivity contribution in [1.29, 1.82) is 0 Å². The molecule has 0 saturated heterocycles. The third-order valence-corrected chi connectivity index (χ3v) is 3.37. The van der Waals surface area contributed by atoms with Crippen molar-refractivity contribution in [3.8, 4) is 11.5 Å². The molecule has 0 aliphatic carbocycles. The number of aromatic nitrogens is 2. The number of benzene rings is 1. The predicted molar refractivity (Wildman–Crippen MR) is 98.0 cm³/mol. The Hall–Kier alpha value is -2.21. The summed E-state index contributed by atoms with van der Waals surface area (Å²) in [5.74, 6) is 2.36. The second-order valence-corrected chi connectivity index (χ2v) is 6.81. The highest BCUT2D eigenvalue weighted by atomic mass is 35.5.